The zero-order valence-electron chi connectivity index (χ0n) is 10.3. The monoisotopic (exact) mass is 269 g/mol. The van der Waals surface area contributed by atoms with Crippen LogP contribution in [0.2, 0.25) is 0 Å². The van der Waals surface area contributed by atoms with Gasteiger partial charge in [-0.3, -0.25) is 9.78 Å². The van der Waals surface area contributed by atoms with Gasteiger partial charge in [-0.05, 0) is 35.4 Å². The Hall–Kier alpha value is -2.27. The second-order valence-electron chi connectivity index (χ2n) is 4.12. The van der Waals surface area contributed by atoms with Crippen molar-refractivity contribution in [3.8, 4) is 11.1 Å². The predicted octanol–water partition coefficient (Wildman–Crippen LogP) is 3.32. The zero-order chi connectivity index (χ0) is 13.2. The Morgan fingerprint density at radius 1 is 1.16 bits per heavy atom. The van der Waals surface area contributed by atoms with Crippen molar-refractivity contribution in [3.63, 3.8) is 0 Å². The van der Waals surface area contributed by atoms with Crippen LogP contribution in [0, 0.1) is 0 Å². The van der Waals surface area contributed by atoms with Crippen LogP contribution >= 0.6 is 11.3 Å². The molecule has 3 rings (SSSR count). The number of hydrogen-bond donors (Lipinski definition) is 1. The van der Waals surface area contributed by atoms with Crippen molar-refractivity contribution in [3.05, 3.63) is 42.7 Å². The maximum Gasteiger partial charge on any atom is 0.223 e. The highest BCUT2D eigenvalue weighted by Crippen LogP contribution is 2.30. The van der Waals surface area contributed by atoms with Gasteiger partial charge >= 0.3 is 0 Å². The number of hydrogen-bond acceptors (Lipinski definition) is 4. The first-order valence-corrected chi connectivity index (χ1v) is 6.62. The van der Waals surface area contributed by atoms with Gasteiger partial charge in [0.1, 0.15) is 0 Å². The Bertz CT molecular complexity index is 737. The van der Waals surface area contributed by atoms with Crippen molar-refractivity contribution in [2.75, 3.05) is 5.32 Å². The van der Waals surface area contributed by atoms with Gasteiger partial charge in [0, 0.05) is 19.3 Å². The Balaban J connectivity index is 2.03. The minimum absolute atomic E-state index is 0.103. The van der Waals surface area contributed by atoms with Crippen LogP contribution in [-0.2, 0) is 4.79 Å². The number of carbonyl (C=O) groups excluding carboxylic acids is 1. The van der Waals surface area contributed by atoms with E-state index in [9.17, 15) is 4.79 Å². The highest BCUT2D eigenvalue weighted by molar-refractivity contribution is 7.22. The number of amides is 1. The molecule has 0 radical (unpaired) electrons. The normalized spacial score (nSPS) is 10.6. The van der Waals surface area contributed by atoms with Gasteiger partial charge in [-0.1, -0.05) is 17.4 Å². The molecule has 0 bridgehead atoms. The van der Waals surface area contributed by atoms with E-state index in [1.807, 2.05) is 24.3 Å². The van der Waals surface area contributed by atoms with Crippen molar-refractivity contribution in [2.24, 2.45) is 0 Å². The number of pyridine rings is 1. The summed E-state index contributed by atoms with van der Waals surface area (Å²) in [5.74, 6) is -0.103. The van der Waals surface area contributed by atoms with Gasteiger partial charge < -0.3 is 5.32 Å². The molecule has 2 heterocycles. The Morgan fingerprint density at radius 3 is 2.68 bits per heavy atom. The van der Waals surface area contributed by atoms with Crippen LogP contribution in [-0.4, -0.2) is 15.9 Å². The van der Waals surface area contributed by atoms with Crippen molar-refractivity contribution in [2.45, 2.75) is 6.92 Å². The molecule has 94 valence electrons. The average molecular weight is 269 g/mol. The third-order valence-corrected chi connectivity index (χ3v) is 3.62. The lowest BCUT2D eigenvalue weighted by Crippen LogP contribution is -2.04. The fourth-order valence-corrected chi connectivity index (χ4v) is 2.80. The molecule has 19 heavy (non-hydrogen) atoms. The molecule has 0 saturated heterocycles. The van der Waals surface area contributed by atoms with E-state index < -0.39 is 0 Å². The molecule has 4 nitrogen and oxygen atoms in total. The predicted molar refractivity (Wildman–Crippen MR) is 77.2 cm³/mol. The molecule has 2 aromatic heterocycles. The number of benzene rings is 1. The van der Waals surface area contributed by atoms with Crippen LogP contribution in [0.1, 0.15) is 6.92 Å². The maximum atomic E-state index is 11.0. The van der Waals surface area contributed by atoms with Gasteiger partial charge in [-0.15, -0.1) is 0 Å². The van der Waals surface area contributed by atoms with Gasteiger partial charge in [0.05, 0.1) is 10.2 Å². The fraction of sp³-hybridized carbons (Fsp3) is 0.0714. The molecule has 0 aliphatic carbocycles. The minimum atomic E-state index is -0.103. The van der Waals surface area contributed by atoms with Crippen LogP contribution in [0.3, 0.4) is 0 Å². The summed E-state index contributed by atoms with van der Waals surface area (Å²) in [6, 6.07) is 10.0. The number of anilines is 1. The molecule has 1 aromatic carbocycles. The Labute approximate surface area is 114 Å². The molecular formula is C14H11N3OS. The van der Waals surface area contributed by atoms with Crippen LogP contribution in [0.4, 0.5) is 5.13 Å². The summed E-state index contributed by atoms with van der Waals surface area (Å²) in [4.78, 5) is 19.4. The second kappa shape index (κ2) is 4.78. The van der Waals surface area contributed by atoms with E-state index in [1.165, 1.54) is 18.3 Å². The lowest BCUT2D eigenvalue weighted by Gasteiger charge is -1.99. The van der Waals surface area contributed by atoms with Crippen LogP contribution in [0.25, 0.3) is 21.3 Å². The number of fused-ring (bicyclic) bond motifs is 1. The van der Waals surface area contributed by atoms with Crippen molar-refractivity contribution in [1.29, 1.82) is 0 Å². The summed E-state index contributed by atoms with van der Waals surface area (Å²) in [5, 5.41) is 3.35. The molecule has 0 fully saturated rings. The maximum absolute atomic E-state index is 11.0. The molecule has 1 amide bonds. The highest BCUT2D eigenvalue weighted by Gasteiger charge is 2.06. The summed E-state index contributed by atoms with van der Waals surface area (Å²) in [7, 11) is 0. The van der Waals surface area contributed by atoms with Crippen LogP contribution in [0.15, 0.2) is 42.7 Å². The number of aromatic nitrogens is 2. The molecule has 0 unspecified atom stereocenters. The summed E-state index contributed by atoms with van der Waals surface area (Å²) in [6.45, 7) is 1.48. The first-order chi connectivity index (χ1) is 9.22. The molecule has 3 aromatic rings. The van der Waals surface area contributed by atoms with Gasteiger partial charge in [0.2, 0.25) is 5.91 Å². The van der Waals surface area contributed by atoms with Gasteiger partial charge in [-0.25, -0.2) is 4.98 Å². The quantitative estimate of drug-likeness (QED) is 0.776. The number of rotatable bonds is 2. The molecule has 5 heteroatoms. The van der Waals surface area contributed by atoms with Gasteiger partial charge in [0.25, 0.3) is 0 Å². The smallest absolute Gasteiger partial charge is 0.223 e. The lowest BCUT2D eigenvalue weighted by atomic mass is 10.1. The molecule has 0 aliphatic heterocycles. The summed E-state index contributed by atoms with van der Waals surface area (Å²) in [6.07, 6.45) is 3.55. The molecule has 1 N–H and O–H groups in total. The summed E-state index contributed by atoms with van der Waals surface area (Å²) >= 11 is 1.48. The Morgan fingerprint density at radius 2 is 1.95 bits per heavy atom. The van der Waals surface area contributed by atoms with E-state index in [0.717, 1.165) is 21.3 Å². The Kier molecular flexibility index (Phi) is 2.97. The van der Waals surface area contributed by atoms with Crippen molar-refractivity contribution < 1.29 is 4.79 Å². The largest absolute Gasteiger partial charge is 0.302 e. The zero-order valence-corrected chi connectivity index (χ0v) is 11.1. The SMILES string of the molecule is CC(=O)Nc1nc2ccc(-c3ccncc3)cc2s1. The van der Waals surface area contributed by atoms with Crippen LogP contribution < -0.4 is 5.32 Å². The molecule has 0 atom stereocenters. The number of nitrogens with zero attached hydrogens (tertiary/aromatic N) is 2. The average Bonchev–Trinajstić information content (AvgIpc) is 2.79. The van der Waals surface area contributed by atoms with Crippen molar-refractivity contribution >= 4 is 32.6 Å². The topological polar surface area (TPSA) is 54.9 Å². The van der Waals surface area contributed by atoms with E-state index in [2.05, 4.69) is 21.4 Å². The first kappa shape index (κ1) is 11.8. The van der Waals surface area contributed by atoms with E-state index >= 15 is 0 Å². The number of thiazole rings is 1. The third kappa shape index (κ3) is 2.46. The fourth-order valence-electron chi connectivity index (χ4n) is 1.85. The first-order valence-electron chi connectivity index (χ1n) is 5.81. The number of nitrogens with one attached hydrogen (secondary N) is 1. The summed E-state index contributed by atoms with van der Waals surface area (Å²) in [5.41, 5.74) is 3.13. The van der Waals surface area contributed by atoms with Crippen LogP contribution in [0.5, 0.6) is 0 Å². The molecule has 0 spiro atoms. The molecule has 0 saturated carbocycles. The standard InChI is InChI=1S/C14H11N3OS/c1-9(18)16-14-17-12-3-2-11(8-13(12)19-14)10-4-6-15-7-5-10/h2-8H,1H3,(H,16,17,18). The second-order valence-corrected chi connectivity index (χ2v) is 5.15. The number of carbonyl (C=O) groups is 1. The van der Waals surface area contributed by atoms with Gasteiger partial charge in [-0.2, -0.15) is 0 Å². The van der Waals surface area contributed by atoms with E-state index in [1.54, 1.807) is 12.4 Å². The van der Waals surface area contributed by atoms with Gasteiger partial charge in [0.15, 0.2) is 5.13 Å². The minimum Gasteiger partial charge on any atom is -0.302 e. The van der Waals surface area contributed by atoms with E-state index in [-0.39, 0.29) is 5.91 Å². The van der Waals surface area contributed by atoms with E-state index in [4.69, 9.17) is 0 Å². The highest BCUT2D eigenvalue weighted by atomic mass is 32.1. The van der Waals surface area contributed by atoms with Crippen molar-refractivity contribution in [1.82, 2.24) is 9.97 Å². The molecule has 0 aliphatic rings. The van der Waals surface area contributed by atoms with E-state index in [0.29, 0.717) is 5.13 Å². The third-order valence-electron chi connectivity index (χ3n) is 2.69. The lowest BCUT2D eigenvalue weighted by molar-refractivity contribution is -0.114. The summed E-state index contributed by atoms with van der Waals surface area (Å²) < 4.78 is 1.05. The molecular weight excluding hydrogens is 258 g/mol.